The summed E-state index contributed by atoms with van der Waals surface area (Å²) < 4.78 is 24.6. The van der Waals surface area contributed by atoms with Gasteiger partial charge in [0.1, 0.15) is 5.82 Å². The molecule has 30 heavy (non-hydrogen) atoms. The number of nitrogens with one attached hydrogen (secondary N) is 2. The van der Waals surface area contributed by atoms with Crippen molar-refractivity contribution in [1.82, 2.24) is 0 Å². The predicted octanol–water partition coefficient (Wildman–Crippen LogP) is 4.76. The van der Waals surface area contributed by atoms with Crippen molar-refractivity contribution in [3.63, 3.8) is 0 Å². The summed E-state index contributed by atoms with van der Waals surface area (Å²) in [4.78, 5) is 24.6. The lowest BCUT2D eigenvalue weighted by Gasteiger charge is -2.12. The third kappa shape index (κ3) is 5.27. The van der Waals surface area contributed by atoms with Gasteiger partial charge in [-0.25, -0.2) is 4.39 Å². The number of carbonyl (C=O) groups excluding carboxylic acids is 2. The molecular weight excluding hydrogens is 411 g/mol. The first-order valence-electron chi connectivity index (χ1n) is 8.89. The second-order valence-electron chi connectivity index (χ2n) is 6.12. The number of benzene rings is 3. The van der Waals surface area contributed by atoms with E-state index in [2.05, 4.69) is 10.6 Å². The van der Waals surface area contributed by atoms with Gasteiger partial charge in [-0.1, -0.05) is 35.9 Å². The van der Waals surface area contributed by atoms with Crippen LogP contribution in [0.3, 0.4) is 0 Å². The average molecular weight is 429 g/mol. The number of ether oxygens (including phenoxy) is 2. The molecule has 154 valence electrons. The molecule has 0 fully saturated rings. The smallest absolute Gasteiger partial charge is 0.262 e. The van der Waals surface area contributed by atoms with Gasteiger partial charge in [0.15, 0.2) is 18.1 Å². The van der Waals surface area contributed by atoms with Crippen LogP contribution in [0.1, 0.15) is 10.4 Å². The van der Waals surface area contributed by atoms with Gasteiger partial charge in [0.25, 0.3) is 11.8 Å². The van der Waals surface area contributed by atoms with E-state index in [1.54, 1.807) is 42.5 Å². The Balaban J connectivity index is 1.62. The quantitative estimate of drug-likeness (QED) is 0.569. The topological polar surface area (TPSA) is 76.7 Å². The number of hydrogen-bond donors (Lipinski definition) is 2. The van der Waals surface area contributed by atoms with Crippen LogP contribution in [0.25, 0.3) is 0 Å². The van der Waals surface area contributed by atoms with Gasteiger partial charge in [-0.05, 0) is 42.5 Å². The lowest BCUT2D eigenvalue weighted by Crippen LogP contribution is -2.20. The average Bonchev–Trinajstić information content (AvgIpc) is 2.72. The molecule has 0 aliphatic carbocycles. The zero-order chi connectivity index (χ0) is 21.5. The number of halogens is 2. The van der Waals surface area contributed by atoms with Crippen LogP contribution < -0.4 is 20.1 Å². The van der Waals surface area contributed by atoms with Crippen LogP contribution in [-0.4, -0.2) is 25.5 Å². The van der Waals surface area contributed by atoms with E-state index < -0.39 is 17.6 Å². The lowest BCUT2D eigenvalue weighted by molar-refractivity contribution is -0.118. The van der Waals surface area contributed by atoms with Crippen molar-refractivity contribution in [2.45, 2.75) is 0 Å². The van der Waals surface area contributed by atoms with Crippen LogP contribution in [0, 0.1) is 5.82 Å². The molecule has 0 radical (unpaired) electrons. The summed E-state index contributed by atoms with van der Waals surface area (Å²) in [6.45, 7) is -0.234. The molecule has 0 unspecified atom stereocenters. The molecule has 2 amide bonds. The number of hydrogen-bond acceptors (Lipinski definition) is 4. The van der Waals surface area contributed by atoms with Crippen molar-refractivity contribution >= 4 is 34.8 Å². The van der Waals surface area contributed by atoms with E-state index in [0.717, 1.165) is 6.07 Å². The molecular formula is C22H18ClFN2O4. The van der Waals surface area contributed by atoms with Crippen LogP contribution in [0.2, 0.25) is 5.02 Å². The lowest BCUT2D eigenvalue weighted by atomic mass is 10.2. The molecule has 0 saturated carbocycles. The van der Waals surface area contributed by atoms with Crippen molar-refractivity contribution in [2.75, 3.05) is 24.4 Å². The maximum absolute atomic E-state index is 13.9. The summed E-state index contributed by atoms with van der Waals surface area (Å²) in [6, 6.07) is 17.4. The Morgan fingerprint density at radius 3 is 2.30 bits per heavy atom. The molecule has 3 aromatic rings. The van der Waals surface area contributed by atoms with Crippen LogP contribution >= 0.6 is 11.6 Å². The second kappa shape index (κ2) is 9.76. The SMILES string of the molecule is COc1ccccc1OCC(=O)Nc1cccc(NC(=O)c2c(F)cccc2Cl)c1. The number of rotatable bonds is 7. The standard InChI is InChI=1S/C22H18ClFN2O4/c1-29-18-10-2-3-11-19(18)30-13-20(27)25-14-6-4-7-15(12-14)26-22(28)21-16(23)8-5-9-17(21)24/h2-12H,13H2,1H3,(H,25,27)(H,26,28). The van der Waals surface area contributed by atoms with Crippen molar-refractivity contribution < 1.29 is 23.5 Å². The highest BCUT2D eigenvalue weighted by Crippen LogP contribution is 2.26. The molecule has 8 heteroatoms. The summed E-state index contributed by atoms with van der Waals surface area (Å²) in [5.41, 5.74) is 0.544. The molecule has 0 aliphatic heterocycles. The van der Waals surface area contributed by atoms with Crippen molar-refractivity contribution in [3.8, 4) is 11.5 Å². The predicted molar refractivity (Wildman–Crippen MR) is 113 cm³/mol. The van der Waals surface area contributed by atoms with Gasteiger partial charge >= 0.3 is 0 Å². The fourth-order valence-corrected chi connectivity index (χ4v) is 2.91. The highest BCUT2D eigenvalue weighted by atomic mass is 35.5. The summed E-state index contributed by atoms with van der Waals surface area (Å²) in [5, 5.41) is 5.24. The molecule has 0 aromatic heterocycles. The van der Waals surface area contributed by atoms with E-state index in [1.807, 2.05) is 0 Å². The van der Waals surface area contributed by atoms with Gasteiger partial charge in [-0.3, -0.25) is 9.59 Å². The van der Waals surface area contributed by atoms with Crippen LogP contribution in [-0.2, 0) is 4.79 Å². The molecule has 3 aromatic carbocycles. The van der Waals surface area contributed by atoms with Gasteiger partial charge in [-0.15, -0.1) is 0 Å². The number of methoxy groups -OCH3 is 1. The first-order valence-corrected chi connectivity index (χ1v) is 9.27. The highest BCUT2D eigenvalue weighted by Gasteiger charge is 2.16. The van der Waals surface area contributed by atoms with Crippen LogP contribution in [0.15, 0.2) is 66.7 Å². The summed E-state index contributed by atoms with van der Waals surface area (Å²) in [6.07, 6.45) is 0. The Morgan fingerprint density at radius 2 is 1.60 bits per heavy atom. The van der Waals surface area contributed by atoms with Gasteiger partial charge in [0.2, 0.25) is 0 Å². The maximum atomic E-state index is 13.9. The first kappa shape index (κ1) is 21.1. The molecule has 2 N–H and O–H groups in total. The van der Waals surface area contributed by atoms with E-state index >= 15 is 0 Å². The van der Waals surface area contributed by atoms with Gasteiger partial charge in [-0.2, -0.15) is 0 Å². The van der Waals surface area contributed by atoms with E-state index in [4.69, 9.17) is 21.1 Å². The summed E-state index contributed by atoms with van der Waals surface area (Å²) in [5.74, 6) is -0.861. The minimum Gasteiger partial charge on any atom is -0.493 e. The van der Waals surface area contributed by atoms with Crippen LogP contribution in [0.4, 0.5) is 15.8 Å². The Kier molecular flexibility index (Phi) is 6.87. The highest BCUT2D eigenvalue weighted by molar-refractivity contribution is 6.34. The Morgan fingerprint density at radius 1 is 0.933 bits per heavy atom. The molecule has 0 spiro atoms. The number of carbonyl (C=O) groups is 2. The number of amides is 2. The number of para-hydroxylation sites is 2. The molecule has 3 rings (SSSR count). The molecule has 0 aliphatic rings. The third-order valence-electron chi connectivity index (χ3n) is 4.02. The van der Waals surface area contributed by atoms with Crippen molar-refractivity contribution in [3.05, 3.63) is 83.1 Å². The molecule has 0 heterocycles. The fraction of sp³-hybridized carbons (Fsp3) is 0.0909. The fourth-order valence-electron chi connectivity index (χ4n) is 2.66. The van der Waals surface area contributed by atoms with Gasteiger partial charge < -0.3 is 20.1 Å². The summed E-state index contributed by atoms with van der Waals surface area (Å²) >= 11 is 5.92. The Bertz CT molecular complexity index is 1050. The van der Waals surface area contributed by atoms with Gasteiger partial charge in [0, 0.05) is 11.4 Å². The molecule has 0 saturated heterocycles. The minimum absolute atomic E-state index is 0.00504. The molecule has 0 atom stereocenters. The largest absolute Gasteiger partial charge is 0.493 e. The normalized spacial score (nSPS) is 10.2. The zero-order valence-corrected chi connectivity index (χ0v) is 16.7. The van der Waals surface area contributed by atoms with E-state index in [0.29, 0.717) is 22.9 Å². The third-order valence-corrected chi connectivity index (χ3v) is 4.34. The van der Waals surface area contributed by atoms with E-state index in [-0.39, 0.29) is 17.2 Å². The first-order chi connectivity index (χ1) is 14.5. The zero-order valence-electron chi connectivity index (χ0n) is 15.9. The van der Waals surface area contributed by atoms with Crippen molar-refractivity contribution in [1.29, 1.82) is 0 Å². The van der Waals surface area contributed by atoms with Crippen LogP contribution in [0.5, 0.6) is 11.5 Å². The Labute approximate surface area is 177 Å². The number of anilines is 2. The van der Waals surface area contributed by atoms with Crippen molar-refractivity contribution in [2.24, 2.45) is 0 Å². The minimum atomic E-state index is -0.724. The molecule has 6 nitrogen and oxygen atoms in total. The summed E-state index contributed by atoms with van der Waals surface area (Å²) in [7, 11) is 1.51. The van der Waals surface area contributed by atoms with E-state index in [9.17, 15) is 14.0 Å². The van der Waals surface area contributed by atoms with Gasteiger partial charge in [0.05, 0.1) is 17.7 Å². The van der Waals surface area contributed by atoms with E-state index in [1.165, 1.54) is 25.3 Å². The maximum Gasteiger partial charge on any atom is 0.262 e. The monoisotopic (exact) mass is 428 g/mol. The second-order valence-corrected chi connectivity index (χ2v) is 6.53. The Hall–Kier alpha value is -3.58. The molecule has 0 bridgehead atoms.